The fourth-order valence-corrected chi connectivity index (χ4v) is 1.32. The normalized spacial score (nSPS) is 10.0. The molecule has 0 spiro atoms. The van der Waals surface area contributed by atoms with Gasteiger partial charge in [-0.3, -0.25) is 0 Å². The minimum absolute atomic E-state index is 1.01. The topological polar surface area (TPSA) is 17.8 Å². The van der Waals surface area contributed by atoms with Crippen molar-refractivity contribution in [3.05, 3.63) is 35.3 Å². The molecule has 49 valence electrons. The van der Waals surface area contributed by atoms with Crippen LogP contribution in [0.1, 0.15) is 0 Å². The molecule has 0 bridgehead atoms. The number of rotatable bonds is 1. The first kappa shape index (κ1) is 5.68. The first-order chi connectivity index (χ1) is 4.97. The van der Waals surface area contributed by atoms with E-state index < -0.39 is 0 Å². The Morgan fingerprint density at radius 1 is 1.60 bits per heavy atom. The van der Waals surface area contributed by atoms with Gasteiger partial charge < -0.3 is 0 Å². The molecule has 0 saturated carbocycles. The van der Waals surface area contributed by atoms with Gasteiger partial charge in [-0.1, -0.05) is 0 Å². The van der Waals surface area contributed by atoms with E-state index in [1.807, 2.05) is 23.0 Å². The van der Waals surface area contributed by atoms with Crippen LogP contribution in [0.15, 0.2) is 29.2 Å². The third kappa shape index (κ3) is 0.844. The highest BCUT2D eigenvalue weighted by atomic mass is 32.1. The van der Waals surface area contributed by atoms with E-state index in [2.05, 4.69) is 11.2 Å². The van der Waals surface area contributed by atoms with Gasteiger partial charge in [-0.15, -0.1) is 11.3 Å². The monoisotopic (exact) mass is 149 g/mol. The summed E-state index contributed by atoms with van der Waals surface area (Å²) in [7, 11) is 0. The van der Waals surface area contributed by atoms with E-state index in [-0.39, 0.29) is 0 Å². The van der Waals surface area contributed by atoms with Crippen LogP contribution in [0.25, 0.3) is 5.69 Å². The summed E-state index contributed by atoms with van der Waals surface area (Å²) in [5.74, 6) is 0. The van der Waals surface area contributed by atoms with Crippen LogP contribution in [0.4, 0.5) is 0 Å². The molecule has 0 fully saturated rings. The van der Waals surface area contributed by atoms with Gasteiger partial charge in [0.05, 0.1) is 5.69 Å². The zero-order valence-corrected chi connectivity index (χ0v) is 6.01. The van der Waals surface area contributed by atoms with Crippen molar-refractivity contribution in [3.63, 3.8) is 0 Å². The number of aromatic nitrogens is 2. The van der Waals surface area contributed by atoms with Gasteiger partial charge in [-0.2, -0.15) is 5.10 Å². The highest BCUT2D eigenvalue weighted by Crippen LogP contribution is 2.08. The second-order valence-corrected chi connectivity index (χ2v) is 2.60. The van der Waals surface area contributed by atoms with E-state index in [0.29, 0.717) is 0 Å². The fourth-order valence-electron chi connectivity index (χ4n) is 0.758. The Kier molecular flexibility index (Phi) is 1.29. The summed E-state index contributed by atoms with van der Waals surface area (Å²) in [4.78, 5) is 0. The van der Waals surface area contributed by atoms with E-state index in [4.69, 9.17) is 0 Å². The van der Waals surface area contributed by atoms with Gasteiger partial charge in [0.1, 0.15) is 0 Å². The molecule has 0 amide bonds. The molecule has 0 aliphatic carbocycles. The predicted molar refractivity (Wildman–Crippen MR) is 40.3 cm³/mol. The van der Waals surface area contributed by atoms with Crippen molar-refractivity contribution in [3.8, 4) is 5.69 Å². The van der Waals surface area contributed by atoms with Crippen LogP contribution in [-0.4, -0.2) is 9.78 Å². The molecule has 1 radical (unpaired) electrons. The van der Waals surface area contributed by atoms with E-state index in [9.17, 15) is 0 Å². The van der Waals surface area contributed by atoms with Gasteiger partial charge in [0, 0.05) is 29.2 Å². The van der Waals surface area contributed by atoms with Gasteiger partial charge in [-0.05, 0) is 6.07 Å². The molecule has 10 heavy (non-hydrogen) atoms. The van der Waals surface area contributed by atoms with Crippen LogP contribution in [0.2, 0.25) is 0 Å². The maximum atomic E-state index is 4.05. The van der Waals surface area contributed by atoms with Gasteiger partial charge in [0.25, 0.3) is 0 Å². The lowest BCUT2D eigenvalue weighted by Gasteiger charge is -1.91. The lowest BCUT2D eigenvalue weighted by atomic mass is 10.5. The lowest BCUT2D eigenvalue weighted by molar-refractivity contribution is 0.883. The molecule has 0 aliphatic heterocycles. The molecule has 0 N–H and O–H groups in total. The molecule has 2 aromatic rings. The summed E-state index contributed by atoms with van der Waals surface area (Å²) < 4.78 is 1.79. The number of hydrogen-bond acceptors (Lipinski definition) is 2. The summed E-state index contributed by atoms with van der Waals surface area (Å²) >= 11 is 1.62. The third-order valence-electron chi connectivity index (χ3n) is 1.21. The van der Waals surface area contributed by atoms with Crippen molar-refractivity contribution < 1.29 is 0 Å². The fraction of sp³-hybridized carbons (Fsp3) is 0. The Hall–Kier alpha value is -1.09. The van der Waals surface area contributed by atoms with Crippen molar-refractivity contribution >= 4 is 11.3 Å². The highest BCUT2D eigenvalue weighted by molar-refractivity contribution is 7.08. The Morgan fingerprint density at radius 2 is 2.60 bits per heavy atom. The third-order valence-corrected chi connectivity index (χ3v) is 1.82. The second-order valence-electron chi connectivity index (χ2n) is 1.85. The molecule has 0 saturated heterocycles. The van der Waals surface area contributed by atoms with E-state index >= 15 is 0 Å². The zero-order chi connectivity index (χ0) is 6.81. The minimum atomic E-state index is 1.01. The summed E-state index contributed by atoms with van der Waals surface area (Å²) in [5.41, 5.74) is 1.01. The molecule has 3 heteroatoms. The Bertz CT molecular complexity index is 251. The summed E-state index contributed by atoms with van der Waals surface area (Å²) in [5, 5.41) is 7.97. The Labute approximate surface area is 62.7 Å². The zero-order valence-electron chi connectivity index (χ0n) is 5.19. The Balaban J connectivity index is 2.48. The van der Waals surface area contributed by atoms with Crippen molar-refractivity contribution in [2.24, 2.45) is 0 Å². The van der Waals surface area contributed by atoms with Crippen LogP contribution in [0, 0.1) is 6.07 Å². The molecule has 2 rings (SSSR count). The number of thiophene rings is 1. The van der Waals surface area contributed by atoms with Gasteiger partial charge >= 0.3 is 0 Å². The average molecular weight is 149 g/mol. The molecular weight excluding hydrogens is 144 g/mol. The van der Waals surface area contributed by atoms with E-state index in [1.165, 1.54) is 0 Å². The molecule has 2 nitrogen and oxygen atoms in total. The van der Waals surface area contributed by atoms with Crippen molar-refractivity contribution in [2.75, 3.05) is 0 Å². The predicted octanol–water partition coefficient (Wildman–Crippen LogP) is 1.73. The van der Waals surface area contributed by atoms with Gasteiger partial charge in [-0.25, -0.2) is 4.68 Å². The molecular formula is C7H5N2S. The minimum Gasteiger partial charge on any atom is -0.240 e. The van der Waals surface area contributed by atoms with Gasteiger partial charge in [0.15, 0.2) is 0 Å². The molecule has 0 unspecified atom stereocenters. The Morgan fingerprint density at radius 3 is 3.20 bits per heavy atom. The van der Waals surface area contributed by atoms with E-state index in [0.717, 1.165) is 5.69 Å². The largest absolute Gasteiger partial charge is 0.240 e. The first-order valence-electron chi connectivity index (χ1n) is 2.91. The first-order valence-corrected chi connectivity index (χ1v) is 3.85. The standard InChI is InChI=1S/C7H5N2S/c1-3-8-9(4-1)7-2-5-10-6-7/h1,3-6H. The molecule has 0 atom stereocenters. The van der Waals surface area contributed by atoms with Crippen LogP contribution < -0.4 is 0 Å². The number of nitrogens with zero attached hydrogens (tertiary/aromatic N) is 2. The second kappa shape index (κ2) is 2.27. The molecule has 2 aromatic heterocycles. The molecule has 0 aromatic carbocycles. The van der Waals surface area contributed by atoms with Crippen LogP contribution in [-0.2, 0) is 0 Å². The average Bonchev–Trinajstić information content (AvgIpc) is 2.59. The van der Waals surface area contributed by atoms with Crippen molar-refractivity contribution in [1.29, 1.82) is 0 Å². The van der Waals surface area contributed by atoms with E-state index in [1.54, 1.807) is 22.2 Å². The quantitative estimate of drug-likeness (QED) is 0.603. The van der Waals surface area contributed by atoms with Crippen molar-refractivity contribution in [1.82, 2.24) is 9.78 Å². The lowest BCUT2D eigenvalue weighted by Crippen LogP contribution is -1.89. The molecule has 0 aliphatic rings. The SMILES string of the molecule is [c]1cscc1-n1cccn1. The summed E-state index contributed by atoms with van der Waals surface area (Å²) in [6.45, 7) is 0. The summed E-state index contributed by atoms with van der Waals surface area (Å²) in [6.07, 6.45) is 3.66. The summed E-state index contributed by atoms with van der Waals surface area (Å²) in [6, 6.07) is 4.95. The van der Waals surface area contributed by atoms with Crippen LogP contribution >= 0.6 is 11.3 Å². The molecule has 2 heterocycles. The maximum Gasteiger partial charge on any atom is 0.0831 e. The van der Waals surface area contributed by atoms with Crippen molar-refractivity contribution in [2.45, 2.75) is 0 Å². The highest BCUT2D eigenvalue weighted by Gasteiger charge is 1.93. The van der Waals surface area contributed by atoms with Crippen LogP contribution in [0.3, 0.4) is 0 Å². The van der Waals surface area contributed by atoms with Crippen LogP contribution in [0.5, 0.6) is 0 Å². The maximum absolute atomic E-state index is 4.05. The smallest absolute Gasteiger partial charge is 0.0831 e. The number of hydrogen-bond donors (Lipinski definition) is 0. The van der Waals surface area contributed by atoms with Gasteiger partial charge in [0.2, 0.25) is 0 Å².